The summed E-state index contributed by atoms with van der Waals surface area (Å²) in [4.78, 5) is 0. The maximum absolute atomic E-state index is 5.68. The Labute approximate surface area is 70.1 Å². The van der Waals surface area contributed by atoms with E-state index in [0.717, 1.165) is 18.9 Å². The molecule has 1 fully saturated rings. The normalized spacial score (nSPS) is 32.2. The van der Waals surface area contributed by atoms with E-state index in [9.17, 15) is 0 Å². The molecule has 0 atom stereocenters. The Bertz CT molecular complexity index is 90.3. The first-order valence-corrected chi connectivity index (χ1v) is 4.94. The molecule has 0 spiro atoms. The molecule has 1 aliphatic carbocycles. The summed E-state index contributed by atoms with van der Waals surface area (Å²) in [5, 5.41) is 0. The summed E-state index contributed by atoms with van der Waals surface area (Å²) in [7, 11) is 0. The topological polar surface area (TPSA) is 9.23 Å². The van der Waals surface area contributed by atoms with Gasteiger partial charge in [-0.25, -0.2) is 0 Å². The van der Waals surface area contributed by atoms with Crippen molar-refractivity contribution in [1.82, 2.24) is 0 Å². The Morgan fingerprint density at radius 3 is 2.36 bits per heavy atom. The van der Waals surface area contributed by atoms with E-state index in [1.807, 2.05) is 0 Å². The highest BCUT2D eigenvalue weighted by molar-refractivity contribution is 4.69. The fourth-order valence-electron chi connectivity index (χ4n) is 1.68. The molecule has 1 rings (SSSR count). The lowest BCUT2D eigenvalue weighted by Crippen LogP contribution is -2.20. The molecule has 1 heteroatoms. The Morgan fingerprint density at radius 1 is 1.18 bits per heavy atom. The van der Waals surface area contributed by atoms with Crippen LogP contribution in [-0.4, -0.2) is 12.7 Å². The maximum atomic E-state index is 5.68. The van der Waals surface area contributed by atoms with Crippen LogP contribution in [0, 0.1) is 5.92 Å². The van der Waals surface area contributed by atoms with Crippen molar-refractivity contribution in [2.45, 2.75) is 52.1 Å². The van der Waals surface area contributed by atoms with Gasteiger partial charge in [-0.15, -0.1) is 0 Å². The van der Waals surface area contributed by atoms with Crippen LogP contribution >= 0.6 is 0 Å². The van der Waals surface area contributed by atoms with E-state index in [0.29, 0.717) is 6.10 Å². The Hall–Kier alpha value is -0.0400. The lowest BCUT2D eigenvalue weighted by molar-refractivity contribution is 0.0203. The Morgan fingerprint density at radius 2 is 1.82 bits per heavy atom. The third kappa shape index (κ3) is 3.24. The molecule has 0 unspecified atom stereocenters. The van der Waals surface area contributed by atoms with Crippen LogP contribution in [0.1, 0.15) is 46.0 Å². The van der Waals surface area contributed by atoms with Gasteiger partial charge in [0.15, 0.2) is 0 Å². The van der Waals surface area contributed by atoms with Gasteiger partial charge in [0.1, 0.15) is 0 Å². The highest BCUT2D eigenvalue weighted by Gasteiger charge is 2.17. The monoisotopic (exact) mass is 156 g/mol. The summed E-state index contributed by atoms with van der Waals surface area (Å²) >= 11 is 0. The minimum Gasteiger partial charge on any atom is -0.378 e. The summed E-state index contributed by atoms with van der Waals surface area (Å²) in [6.45, 7) is 5.47. The summed E-state index contributed by atoms with van der Waals surface area (Å²) in [5.41, 5.74) is 0. The van der Waals surface area contributed by atoms with E-state index in [2.05, 4.69) is 13.8 Å². The standard InChI is InChI=1S/C10H20O/c1-3-8-11-10-6-4-9(2)5-7-10/h9-10H,3-8H2,1-2H3. The first-order chi connectivity index (χ1) is 5.33. The fourth-order valence-corrected chi connectivity index (χ4v) is 1.68. The van der Waals surface area contributed by atoms with E-state index < -0.39 is 0 Å². The first kappa shape index (κ1) is 9.05. The SMILES string of the molecule is CCCOC1CCC(C)CC1. The highest BCUT2D eigenvalue weighted by Crippen LogP contribution is 2.25. The zero-order valence-electron chi connectivity index (χ0n) is 7.81. The molecule has 0 heterocycles. The molecule has 0 aromatic rings. The van der Waals surface area contributed by atoms with Gasteiger partial charge in [-0.2, -0.15) is 0 Å². The largest absolute Gasteiger partial charge is 0.378 e. The van der Waals surface area contributed by atoms with Crippen LogP contribution in [0.5, 0.6) is 0 Å². The fraction of sp³-hybridized carbons (Fsp3) is 1.00. The lowest BCUT2D eigenvalue weighted by atomic mass is 9.89. The van der Waals surface area contributed by atoms with Crippen LogP contribution in [0.15, 0.2) is 0 Å². The molecule has 66 valence electrons. The zero-order chi connectivity index (χ0) is 8.10. The van der Waals surface area contributed by atoms with Crippen molar-refractivity contribution in [3.05, 3.63) is 0 Å². The molecule has 1 nitrogen and oxygen atoms in total. The number of hydrogen-bond donors (Lipinski definition) is 0. The van der Waals surface area contributed by atoms with Crippen molar-refractivity contribution >= 4 is 0 Å². The van der Waals surface area contributed by atoms with E-state index in [4.69, 9.17) is 4.74 Å². The molecule has 0 saturated heterocycles. The van der Waals surface area contributed by atoms with Crippen LogP contribution < -0.4 is 0 Å². The highest BCUT2D eigenvalue weighted by atomic mass is 16.5. The van der Waals surface area contributed by atoms with Crippen molar-refractivity contribution in [3.63, 3.8) is 0 Å². The van der Waals surface area contributed by atoms with E-state index >= 15 is 0 Å². The molecule has 0 aromatic carbocycles. The lowest BCUT2D eigenvalue weighted by Gasteiger charge is -2.25. The third-order valence-electron chi connectivity index (χ3n) is 2.52. The summed E-state index contributed by atoms with van der Waals surface area (Å²) in [6.07, 6.45) is 7.07. The van der Waals surface area contributed by atoms with Gasteiger partial charge in [0.25, 0.3) is 0 Å². The van der Waals surface area contributed by atoms with Crippen molar-refractivity contribution in [3.8, 4) is 0 Å². The van der Waals surface area contributed by atoms with Crippen LogP contribution in [0.25, 0.3) is 0 Å². The predicted octanol–water partition coefficient (Wildman–Crippen LogP) is 2.99. The average molecular weight is 156 g/mol. The maximum Gasteiger partial charge on any atom is 0.0575 e. The second-order valence-corrected chi connectivity index (χ2v) is 3.75. The van der Waals surface area contributed by atoms with Gasteiger partial charge in [-0.05, 0) is 38.0 Å². The molecule has 1 saturated carbocycles. The summed E-state index contributed by atoms with van der Waals surface area (Å²) < 4.78 is 5.68. The minimum atomic E-state index is 0.589. The Kier molecular flexibility index (Phi) is 3.92. The molecule has 0 N–H and O–H groups in total. The average Bonchev–Trinajstić information content (AvgIpc) is 2.04. The number of rotatable bonds is 3. The van der Waals surface area contributed by atoms with Crippen LogP contribution in [0.3, 0.4) is 0 Å². The first-order valence-electron chi connectivity index (χ1n) is 4.94. The Balaban J connectivity index is 2.07. The predicted molar refractivity (Wildman–Crippen MR) is 47.7 cm³/mol. The minimum absolute atomic E-state index is 0.589. The van der Waals surface area contributed by atoms with Crippen molar-refractivity contribution in [2.24, 2.45) is 5.92 Å². The van der Waals surface area contributed by atoms with Crippen molar-refractivity contribution in [1.29, 1.82) is 0 Å². The number of ether oxygens (including phenoxy) is 1. The quantitative estimate of drug-likeness (QED) is 0.610. The van der Waals surface area contributed by atoms with Gasteiger partial charge in [-0.3, -0.25) is 0 Å². The van der Waals surface area contributed by atoms with Gasteiger partial charge in [0.2, 0.25) is 0 Å². The molecule has 0 radical (unpaired) electrons. The molecule has 1 aliphatic rings. The van der Waals surface area contributed by atoms with Crippen molar-refractivity contribution in [2.75, 3.05) is 6.61 Å². The van der Waals surface area contributed by atoms with Gasteiger partial charge >= 0.3 is 0 Å². The van der Waals surface area contributed by atoms with Gasteiger partial charge < -0.3 is 4.74 Å². The van der Waals surface area contributed by atoms with E-state index in [1.165, 1.54) is 25.7 Å². The van der Waals surface area contributed by atoms with Gasteiger partial charge in [0, 0.05) is 6.61 Å². The number of hydrogen-bond acceptors (Lipinski definition) is 1. The second kappa shape index (κ2) is 4.76. The smallest absolute Gasteiger partial charge is 0.0575 e. The second-order valence-electron chi connectivity index (χ2n) is 3.75. The summed E-state index contributed by atoms with van der Waals surface area (Å²) in [5.74, 6) is 0.941. The third-order valence-corrected chi connectivity index (χ3v) is 2.52. The molecule has 0 aliphatic heterocycles. The molecule has 0 amide bonds. The zero-order valence-corrected chi connectivity index (χ0v) is 7.81. The van der Waals surface area contributed by atoms with Gasteiger partial charge in [-0.1, -0.05) is 13.8 Å². The molecule has 0 aromatic heterocycles. The molecule has 0 bridgehead atoms. The summed E-state index contributed by atoms with van der Waals surface area (Å²) in [6, 6.07) is 0. The van der Waals surface area contributed by atoms with Crippen LogP contribution in [0.4, 0.5) is 0 Å². The van der Waals surface area contributed by atoms with Gasteiger partial charge in [0.05, 0.1) is 6.10 Å². The van der Waals surface area contributed by atoms with E-state index in [-0.39, 0.29) is 0 Å². The molecule has 11 heavy (non-hydrogen) atoms. The van der Waals surface area contributed by atoms with Crippen LogP contribution in [0.2, 0.25) is 0 Å². The van der Waals surface area contributed by atoms with E-state index in [1.54, 1.807) is 0 Å². The van der Waals surface area contributed by atoms with Crippen LogP contribution in [-0.2, 0) is 4.74 Å². The van der Waals surface area contributed by atoms with Crippen molar-refractivity contribution < 1.29 is 4.74 Å². The molecular formula is C10H20O. The molecular weight excluding hydrogens is 136 g/mol.